The molecule has 20 heavy (non-hydrogen) atoms. The molecule has 2 N–H and O–H groups in total. The van der Waals surface area contributed by atoms with Gasteiger partial charge in [-0.1, -0.05) is 25.1 Å². The molecule has 0 radical (unpaired) electrons. The van der Waals surface area contributed by atoms with E-state index < -0.39 is 0 Å². The Kier molecular flexibility index (Phi) is 7.50. The number of amides is 2. The van der Waals surface area contributed by atoms with Crippen molar-refractivity contribution in [3.05, 3.63) is 42.5 Å². The molecule has 1 aromatic rings. The van der Waals surface area contributed by atoms with Gasteiger partial charge in [-0.05, 0) is 24.3 Å². The second-order valence-electron chi connectivity index (χ2n) is 4.15. The van der Waals surface area contributed by atoms with Crippen molar-refractivity contribution >= 4 is 29.3 Å². The van der Waals surface area contributed by atoms with E-state index in [1.807, 2.05) is 0 Å². The molecular weight excluding hydrogens is 272 g/mol. The van der Waals surface area contributed by atoms with Crippen molar-refractivity contribution in [3.63, 3.8) is 0 Å². The minimum Gasteiger partial charge on any atom is -0.349 e. The zero-order chi connectivity index (χ0) is 14.8. The standard InChI is InChI=1S/C15H20N2O2S/c1-3-9-16-15(19)12-7-5-6-8-13(12)17-14(18)11-20-10-4-2/h3,5-8H,1,4,9-11H2,2H3,(H,16,19)(H,17,18). The summed E-state index contributed by atoms with van der Waals surface area (Å²) in [6.07, 6.45) is 2.65. The highest BCUT2D eigenvalue weighted by Gasteiger charge is 2.12. The van der Waals surface area contributed by atoms with E-state index in [1.54, 1.807) is 42.1 Å². The molecule has 2 amide bonds. The van der Waals surface area contributed by atoms with Gasteiger partial charge in [0.15, 0.2) is 0 Å². The lowest BCUT2D eigenvalue weighted by Gasteiger charge is -2.10. The molecule has 1 aromatic carbocycles. The number of thioether (sulfide) groups is 1. The zero-order valence-corrected chi connectivity index (χ0v) is 12.5. The van der Waals surface area contributed by atoms with Gasteiger partial charge in [0.2, 0.25) is 5.91 Å². The SMILES string of the molecule is C=CCNC(=O)c1ccccc1NC(=O)CSCCC. The van der Waals surface area contributed by atoms with Crippen LogP contribution in [0.25, 0.3) is 0 Å². The zero-order valence-electron chi connectivity index (χ0n) is 11.6. The molecule has 1 rings (SSSR count). The number of benzene rings is 1. The fourth-order valence-electron chi connectivity index (χ4n) is 1.55. The highest BCUT2D eigenvalue weighted by atomic mass is 32.2. The van der Waals surface area contributed by atoms with Gasteiger partial charge in [-0.25, -0.2) is 0 Å². The Balaban J connectivity index is 2.67. The third-order valence-electron chi connectivity index (χ3n) is 2.43. The van der Waals surface area contributed by atoms with Crippen LogP contribution in [0.3, 0.4) is 0 Å². The van der Waals surface area contributed by atoms with E-state index in [2.05, 4.69) is 24.1 Å². The van der Waals surface area contributed by atoms with Gasteiger partial charge in [-0.15, -0.1) is 6.58 Å². The second-order valence-corrected chi connectivity index (χ2v) is 5.25. The molecule has 0 heterocycles. The van der Waals surface area contributed by atoms with Crippen LogP contribution < -0.4 is 10.6 Å². The maximum atomic E-state index is 12.0. The van der Waals surface area contributed by atoms with Crippen molar-refractivity contribution in [1.82, 2.24) is 5.32 Å². The van der Waals surface area contributed by atoms with Gasteiger partial charge in [-0.3, -0.25) is 9.59 Å². The van der Waals surface area contributed by atoms with Gasteiger partial charge >= 0.3 is 0 Å². The van der Waals surface area contributed by atoms with Gasteiger partial charge in [0, 0.05) is 6.54 Å². The van der Waals surface area contributed by atoms with E-state index in [0.29, 0.717) is 23.5 Å². The van der Waals surface area contributed by atoms with Crippen LogP contribution in [0, 0.1) is 0 Å². The molecular formula is C15H20N2O2S. The summed E-state index contributed by atoms with van der Waals surface area (Å²) in [5, 5.41) is 5.48. The quantitative estimate of drug-likeness (QED) is 0.572. The summed E-state index contributed by atoms with van der Waals surface area (Å²) >= 11 is 1.58. The molecule has 0 aliphatic carbocycles. The Morgan fingerprint density at radius 3 is 2.80 bits per heavy atom. The third kappa shape index (κ3) is 5.48. The van der Waals surface area contributed by atoms with Crippen LogP contribution in [-0.4, -0.2) is 29.9 Å². The van der Waals surface area contributed by atoms with E-state index in [9.17, 15) is 9.59 Å². The second kappa shape index (κ2) is 9.20. The minimum atomic E-state index is -0.220. The van der Waals surface area contributed by atoms with Crippen LogP contribution in [0.1, 0.15) is 23.7 Å². The van der Waals surface area contributed by atoms with Gasteiger partial charge in [0.1, 0.15) is 0 Å². The third-order valence-corrected chi connectivity index (χ3v) is 3.60. The van der Waals surface area contributed by atoms with Gasteiger partial charge in [0.05, 0.1) is 17.0 Å². The summed E-state index contributed by atoms with van der Waals surface area (Å²) < 4.78 is 0. The number of hydrogen-bond donors (Lipinski definition) is 2. The Labute approximate surface area is 124 Å². The molecule has 0 aliphatic rings. The number of rotatable bonds is 8. The molecule has 0 aromatic heterocycles. The Hall–Kier alpha value is -1.75. The molecule has 0 unspecified atom stereocenters. The van der Waals surface area contributed by atoms with Gasteiger partial charge < -0.3 is 10.6 Å². The first-order valence-electron chi connectivity index (χ1n) is 6.54. The van der Waals surface area contributed by atoms with Gasteiger partial charge in [0.25, 0.3) is 5.91 Å². The molecule has 108 valence electrons. The normalized spacial score (nSPS) is 9.85. The summed E-state index contributed by atoms with van der Waals surface area (Å²) in [4.78, 5) is 23.7. The fraction of sp³-hybridized carbons (Fsp3) is 0.333. The number of nitrogens with one attached hydrogen (secondary N) is 2. The highest BCUT2D eigenvalue weighted by Crippen LogP contribution is 2.15. The summed E-state index contributed by atoms with van der Waals surface area (Å²) in [6, 6.07) is 6.97. The molecule has 0 bridgehead atoms. The Morgan fingerprint density at radius 2 is 2.10 bits per heavy atom. The first kappa shape index (κ1) is 16.3. The monoisotopic (exact) mass is 292 g/mol. The van der Waals surface area contributed by atoms with Crippen LogP contribution in [0.2, 0.25) is 0 Å². The van der Waals surface area contributed by atoms with E-state index in [-0.39, 0.29) is 11.8 Å². The van der Waals surface area contributed by atoms with Crippen LogP contribution in [0.15, 0.2) is 36.9 Å². The number of hydrogen-bond acceptors (Lipinski definition) is 3. The van der Waals surface area contributed by atoms with Crippen molar-refractivity contribution in [2.75, 3.05) is 23.4 Å². The predicted molar refractivity (Wildman–Crippen MR) is 85.2 cm³/mol. The van der Waals surface area contributed by atoms with Crippen LogP contribution in [0.4, 0.5) is 5.69 Å². The lowest BCUT2D eigenvalue weighted by Crippen LogP contribution is -2.25. The summed E-state index contributed by atoms with van der Waals surface area (Å²) in [7, 11) is 0. The Bertz CT molecular complexity index is 475. The van der Waals surface area contributed by atoms with Gasteiger partial charge in [-0.2, -0.15) is 11.8 Å². The van der Waals surface area contributed by atoms with E-state index >= 15 is 0 Å². The molecule has 0 saturated heterocycles. The molecule has 4 nitrogen and oxygen atoms in total. The number of carbonyl (C=O) groups excluding carboxylic acids is 2. The first-order chi connectivity index (χ1) is 9.69. The van der Waals surface area contributed by atoms with Crippen LogP contribution >= 0.6 is 11.8 Å². The maximum Gasteiger partial charge on any atom is 0.253 e. The van der Waals surface area contributed by atoms with E-state index in [1.165, 1.54) is 0 Å². The van der Waals surface area contributed by atoms with Crippen LogP contribution in [-0.2, 0) is 4.79 Å². The van der Waals surface area contributed by atoms with Crippen molar-refractivity contribution in [1.29, 1.82) is 0 Å². The maximum absolute atomic E-state index is 12.0. The minimum absolute atomic E-state index is 0.0904. The molecule has 0 spiro atoms. The smallest absolute Gasteiger partial charge is 0.253 e. The topological polar surface area (TPSA) is 58.2 Å². The lowest BCUT2D eigenvalue weighted by molar-refractivity contribution is -0.113. The predicted octanol–water partition coefficient (Wildman–Crippen LogP) is 2.68. The van der Waals surface area contributed by atoms with E-state index in [0.717, 1.165) is 12.2 Å². The van der Waals surface area contributed by atoms with Crippen molar-refractivity contribution in [2.45, 2.75) is 13.3 Å². The summed E-state index contributed by atoms with van der Waals surface area (Å²) in [5.41, 5.74) is 0.999. The van der Waals surface area contributed by atoms with Crippen molar-refractivity contribution < 1.29 is 9.59 Å². The average Bonchev–Trinajstić information content (AvgIpc) is 2.45. The first-order valence-corrected chi connectivity index (χ1v) is 7.70. The number of para-hydroxylation sites is 1. The summed E-state index contributed by atoms with van der Waals surface area (Å²) in [6.45, 7) is 6.02. The highest BCUT2D eigenvalue weighted by molar-refractivity contribution is 7.99. The largest absolute Gasteiger partial charge is 0.349 e. The lowest BCUT2D eigenvalue weighted by atomic mass is 10.1. The van der Waals surface area contributed by atoms with Crippen molar-refractivity contribution in [3.8, 4) is 0 Å². The fourth-order valence-corrected chi connectivity index (χ4v) is 2.24. The van der Waals surface area contributed by atoms with Crippen LogP contribution in [0.5, 0.6) is 0 Å². The summed E-state index contributed by atoms with van der Waals surface area (Å²) in [5.74, 6) is 1.04. The molecule has 0 fully saturated rings. The molecule has 0 aliphatic heterocycles. The molecule has 5 heteroatoms. The number of anilines is 1. The number of carbonyl (C=O) groups is 2. The Morgan fingerprint density at radius 1 is 1.35 bits per heavy atom. The van der Waals surface area contributed by atoms with E-state index in [4.69, 9.17) is 0 Å². The average molecular weight is 292 g/mol. The molecule has 0 saturated carbocycles. The molecule has 0 atom stereocenters. The van der Waals surface area contributed by atoms with Crippen molar-refractivity contribution in [2.24, 2.45) is 0 Å².